The molecule has 1 saturated carbocycles. The lowest BCUT2D eigenvalue weighted by atomic mass is 9.85. The number of nitro groups is 1. The molecule has 1 fully saturated rings. The minimum atomic E-state index is -0.973. The summed E-state index contributed by atoms with van der Waals surface area (Å²) in [4.78, 5) is 33.6. The Kier molecular flexibility index (Phi) is 3.76. The molecule has 0 saturated heterocycles. The molecule has 0 radical (unpaired) electrons. The monoisotopic (exact) mass is 298 g/mol. The molecule has 1 aliphatic rings. The number of hydrogen-bond acceptors (Lipinski definition) is 5. The zero-order valence-electron chi connectivity index (χ0n) is 10.8. The van der Waals surface area contributed by atoms with Crippen molar-refractivity contribution < 1.29 is 19.6 Å². The summed E-state index contributed by atoms with van der Waals surface area (Å²) in [5, 5.41) is 22.4. The van der Waals surface area contributed by atoms with Crippen molar-refractivity contribution in [3.05, 3.63) is 27.1 Å². The van der Waals surface area contributed by atoms with Crippen LogP contribution in [0, 0.1) is 15.5 Å². The van der Waals surface area contributed by atoms with E-state index in [0.717, 1.165) is 17.8 Å². The second kappa shape index (κ2) is 5.20. The van der Waals surface area contributed by atoms with Crippen LogP contribution in [0.5, 0.6) is 0 Å². The lowest BCUT2D eigenvalue weighted by Crippen LogP contribution is -2.46. The predicted molar refractivity (Wildman–Crippen MR) is 71.8 cm³/mol. The van der Waals surface area contributed by atoms with E-state index in [1.54, 1.807) is 6.92 Å². The van der Waals surface area contributed by atoms with Crippen LogP contribution >= 0.6 is 11.3 Å². The molecule has 7 nitrogen and oxygen atoms in total. The molecular formula is C12H14N2O5S. The number of carboxylic acids is 1. The number of aliphatic carboxylic acids is 1. The van der Waals surface area contributed by atoms with Crippen LogP contribution in [-0.2, 0) is 4.79 Å². The highest BCUT2D eigenvalue weighted by Crippen LogP contribution is 2.38. The molecule has 0 aliphatic heterocycles. The van der Waals surface area contributed by atoms with E-state index in [9.17, 15) is 24.8 Å². The fraction of sp³-hybridized carbons (Fsp3) is 0.500. The van der Waals surface area contributed by atoms with E-state index in [4.69, 9.17) is 0 Å². The van der Waals surface area contributed by atoms with E-state index in [-0.39, 0.29) is 9.88 Å². The summed E-state index contributed by atoms with van der Waals surface area (Å²) in [5.41, 5.74) is -0.973. The van der Waals surface area contributed by atoms with Crippen molar-refractivity contribution >= 4 is 28.2 Å². The number of nitrogens with zero attached hydrogens (tertiary/aromatic N) is 1. The molecule has 0 bridgehead atoms. The standard InChI is InChI=1S/C12H14N2O5S/c1-12(11(16)17)6-2-3-8(12)13-10(15)7-4-5-9(20-7)14(18)19/h4-5,8H,2-3,6H2,1H3,(H,13,15)(H,16,17). The van der Waals surface area contributed by atoms with Crippen LogP contribution < -0.4 is 5.32 Å². The minimum absolute atomic E-state index is 0.109. The number of nitrogens with one attached hydrogen (secondary N) is 1. The van der Waals surface area contributed by atoms with Crippen molar-refractivity contribution in [2.24, 2.45) is 5.41 Å². The van der Waals surface area contributed by atoms with Crippen molar-refractivity contribution in [2.75, 3.05) is 0 Å². The Morgan fingerprint density at radius 3 is 2.80 bits per heavy atom. The average molecular weight is 298 g/mol. The van der Waals surface area contributed by atoms with Gasteiger partial charge in [-0.2, -0.15) is 0 Å². The quantitative estimate of drug-likeness (QED) is 0.653. The van der Waals surface area contributed by atoms with Crippen molar-refractivity contribution in [3.8, 4) is 0 Å². The van der Waals surface area contributed by atoms with Crippen LogP contribution in [0.15, 0.2) is 12.1 Å². The van der Waals surface area contributed by atoms with E-state index in [1.165, 1.54) is 12.1 Å². The fourth-order valence-corrected chi connectivity index (χ4v) is 3.15. The fourth-order valence-electron chi connectivity index (χ4n) is 2.43. The number of carbonyl (C=O) groups is 2. The highest BCUT2D eigenvalue weighted by Gasteiger charge is 2.46. The van der Waals surface area contributed by atoms with E-state index in [2.05, 4.69) is 5.32 Å². The first-order valence-electron chi connectivity index (χ1n) is 6.13. The van der Waals surface area contributed by atoms with Gasteiger partial charge in [-0.25, -0.2) is 0 Å². The third kappa shape index (κ3) is 2.51. The molecule has 2 rings (SSSR count). The zero-order chi connectivity index (χ0) is 14.9. The second-order valence-electron chi connectivity index (χ2n) is 5.04. The maximum Gasteiger partial charge on any atom is 0.324 e. The average Bonchev–Trinajstić information content (AvgIpc) is 2.98. The third-order valence-corrected chi connectivity index (χ3v) is 4.78. The van der Waals surface area contributed by atoms with Crippen molar-refractivity contribution in [1.82, 2.24) is 5.32 Å². The Bertz CT molecular complexity index is 570. The lowest BCUT2D eigenvalue weighted by Gasteiger charge is -2.27. The number of hydrogen-bond donors (Lipinski definition) is 2. The molecule has 8 heteroatoms. The Hall–Kier alpha value is -1.96. The van der Waals surface area contributed by atoms with Gasteiger partial charge in [0, 0.05) is 12.1 Å². The van der Waals surface area contributed by atoms with E-state index < -0.39 is 28.3 Å². The SMILES string of the molecule is CC1(C(=O)O)CCCC1NC(=O)c1ccc([N+](=O)[O-])s1. The summed E-state index contributed by atoms with van der Waals surface area (Å²) in [6.45, 7) is 1.62. The Balaban J connectivity index is 2.11. The van der Waals surface area contributed by atoms with Gasteiger partial charge in [0.2, 0.25) is 0 Å². The molecule has 2 unspecified atom stereocenters. The van der Waals surface area contributed by atoms with Crippen LogP contribution in [0.1, 0.15) is 35.9 Å². The summed E-state index contributed by atoms with van der Waals surface area (Å²) in [7, 11) is 0. The first kappa shape index (κ1) is 14.4. The minimum Gasteiger partial charge on any atom is -0.481 e. The van der Waals surface area contributed by atoms with Crippen molar-refractivity contribution in [1.29, 1.82) is 0 Å². The molecule has 0 aromatic carbocycles. The highest BCUT2D eigenvalue weighted by atomic mass is 32.1. The summed E-state index contributed by atoms with van der Waals surface area (Å²) in [5.74, 6) is -1.39. The molecule has 2 N–H and O–H groups in total. The van der Waals surface area contributed by atoms with Crippen LogP contribution in [0.3, 0.4) is 0 Å². The maximum absolute atomic E-state index is 12.0. The number of thiophene rings is 1. The number of carboxylic acid groups (broad SMARTS) is 1. The highest BCUT2D eigenvalue weighted by molar-refractivity contribution is 7.17. The zero-order valence-corrected chi connectivity index (χ0v) is 11.6. The maximum atomic E-state index is 12.0. The van der Waals surface area contributed by atoms with Crippen LogP contribution in [-0.4, -0.2) is 27.9 Å². The Labute approximate surface area is 118 Å². The Morgan fingerprint density at radius 2 is 2.25 bits per heavy atom. The summed E-state index contributed by atoms with van der Waals surface area (Å²) in [6, 6.07) is 2.20. The number of carbonyl (C=O) groups excluding carboxylic acids is 1. The molecule has 1 heterocycles. The predicted octanol–water partition coefficient (Wildman–Crippen LogP) is 2.03. The first-order chi connectivity index (χ1) is 9.34. The van der Waals surface area contributed by atoms with Gasteiger partial charge in [0.1, 0.15) is 0 Å². The van der Waals surface area contributed by atoms with Gasteiger partial charge in [-0.3, -0.25) is 19.7 Å². The normalized spacial score (nSPS) is 25.4. The van der Waals surface area contributed by atoms with Gasteiger partial charge in [0.05, 0.1) is 15.2 Å². The second-order valence-corrected chi connectivity index (χ2v) is 6.10. The number of rotatable bonds is 4. The Morgan fingerprint density at radius 1 is 1.55 bits per heavy atom. The van der Waals surface area contributed by atoms with Gasteiger partial charge in [-0.1, -0.05) is 17.8 Å². The van der Waals surface area contributed by atoms with Gasteiger partial charge >= 0.3 is 11.0 Å². The third-order valence-electron chi connectivity index (χ3n) is 3.75. The molecule has 108 valence electrons. The summed E-state index contributed by atoms with van der Waals surface area (Å²) < 4.78 is 0. The van der Waals surface area contributed by atoms with E-state index in [0.29, 0.717) is 12.8 Å². The van der Waals surface area contributed by atoms with E-state index in [1.807, 2.05) is 0 Å². The van der Waals surface area contributed by atoms with Crippen molar-refractivity contribution in [3.63, 3.8) is 0 Å². The number of amides is 1. The lowest BCUT2D eigenvalue weighted by molar-refractivity contribution is -0.380. The van der Waals surface area contributed by atoms with Gasteiger partial charge in [0.15, 0.2) is 0 Å². The molecule has 1 aliphatic carbocycles. The molecule has 1 aromatic heterocycles. The van der Waals surface area contributed by atoms with Crippen LogP contribution in [0.25, 0.3) is 0 Å². The van der Waals surface area contributed by atoms with Gasteiger partial charge in [-0.05, 0) is 25.8 Å². The van der Waals surface area contributed by atoms with Gasteiger partial charge in [-0.15, -0.1) is 0 Å². The van der Waals surface area contributed by atoms with Crippen molar-refractivity contribution in [2.45, 2.75) is 32.2 Å². The molecule has 2 atom stereocenters. The summed E-state index contributed by atoms with van der Waals surface area (Å²) in [6.07, 6.45) is 1.85. The van der Waals surface area contributed by atoms with Gasteiger partial charge in [0.25, 0.3) is 5.91 Å². The largest absolute Gasteiger partial charge is 0.481 e. The van der Waals surface area contributed by atoms with Gasteiger partial charge < -0.3 is 10.4 Å². The molecule has 20 heavy (non-hydrogen) atoms. The molecule has 1 aromatic rings. The van der Waals surface area contributed by atoms with Crippen LogP contribution in [0.4, 0.5) is 5.00 Å². The first-order valence-corrected chi connectivity index (χ1v) is 6.95. The topological polar surface area (TPSA) is 110 Å². The molecule has 1 amide bonds. The van der Waals surface area contributed by atoms with E-state index >= 15 is 0 Å². The summed E-state index contributed by atoms with van der Waals surface area (Å²) >= 11 is 0.782. The molecular weight excluding hydrogens is 284 g/mol. The van der Waals surface area contributed by atoms with Crippen LogP contribution in [0.2, 0.25) is 0 Å². The molecule has 0 spiro atoms. The smallest absolute Gasteiger partial charge is 0.324 e.